The van der Waals surface area contributed by atoms with E-state index in [1.54, 1.807) is 0 Å². The number of carbonyl (C=O) groups is 6. The summed E-state index contributed by atoms with van der Waals surface area (Å²) in [5.74, 6) is -1.00. The van der Waals surface area contributed by atoms with Gasteiger partial charge in [-0.1, -0.05) is 171 Å². The Labute approximate surface area is 565 Å². The Morgan fingerprint density at radius 1 is 0.363 bits per heavy atom. The molecule has 0 aliphatic heterocycles. The highest BCUT2D eigenvalue weighted by molar-refractivity contribution is 8.76. The molecule has 2 amide bonds. The van der Waals surface area contributed by atoms with E-state index in [1.807, 2.05) is 13.8 Å². The van der Waals surface area contributed by atoms with E-state index in [0.717, 1.165) is 142 Å². The summed E-state index contributed by atoms with van der Waals surface area (Å²) in [6.45, 7) is 21.7. The molecule has 0 heterocycles. The first-order chi connectivity index (χ1) is 43.6. The molecule has 4 atom stereocenters. The number of ether oxygens (including phenoxy) is 4. The molecule has 91 heavy (non-hydrogen) atoms. The predicted octanol–water partition coefficient (Wildman–Crippen LogP) is 12.5. The van der Waals surface area contributed by atoms with E-state index in [9.17, 15) is 28.8 Å². The number of hydrogen-bond donors (Lipinski definition) is 2. The van der Waals surface area contributed by atoms with Crippen molar-refractivity contribution in [2.75, 3.05) is 147 Å². The van der Waals surface area contributed by atoms with Crippen LogP contribution in [0.1, 0.15) is 241 Å². The summed E-state index contributed by atoms with van der Waals surface area (Å²) in [6, 6.07) is -2.03. The van der Waals surface area contributed by atoms with Crippen LogP contribution in [0.3, 0.4) is 0 Å². The molecule has 18 nitrogen and oxygen atoms in total. The largest absolute Gasteiger partial charge is 0.466 e. The van der Waals surface area contributed by atoms with Gasteiger partial charge >= 0.3 is 23.9 Å². The van der Waals surface area contributed by atoms with Gasteiger partial charge in [0, 0.05) is 43.9 Å². The van der Waals surface area contributed by atoms with E-state index in [0.29, 0.717) is 51.0 Å². The first-order valence-corrected chi connectivity index (χ1v) is 38.7. The number of hydrogen-bond acceptors (Lipinski definition) is 18. The summed E-state index contributed by atoms with van der Waals surface area (Å²) in [5, 5.41) is 5.87. The molecule has 536 valence electrons. The van der Waals surface area contributed by atoms with E-state index in [2.05, 4.69) is 124 Å². The van der Waals surface area contributed by atoms with Crippen LogP contribution in [0.5, 0.6) is 0 Å². The molecule has 0 radical (unpaired) electrons. The Kier molecular flexibility index (Phi) is 58.0. The van der Waals surface area contributed by atoms with Crippen molar-refractivity contribution in [1.82, 2.24) is 40.0 Å². The highest BCUT2D eigenvalue weighted by Gasteiger charge is 2.29. The molecule has 0 saturated carbocycles. The summed E-state index contributed by atoms with van der Waals surface area (Å²) >= 11 is 0. The maximum Gasteiger partial charge on any atom is 0.329 e. The number of carbonyl (C=O) groups excluding carboxylic acids is 6. The molecule has 0 aliphatic rings. The van der Waals surface area contributed by atoms with Crippen LogP contribution in [0.4, 0.5) is 0 Å². The van der Waals surface area contributed by atoms with Crippen molar-refractivity contribution in [2.24, 2.45) is 11.8 Å². The van der Waals surface area contributed by atoms with Gasteiger partial charge in [0.05, 0.1) is 19.6 Å². The monoisotopic (exact) mass is 1330 g/mol. The molecular formula is C71H140N8O10S2. The van der Waals surface area contributed by atoms with E-state index in [1.165, 1.54) is 98.6 Å². The third kappa shape index (κ3) is 55.2. The van der Waals surface area contributed by atoms with Gasteiger partial charge in [0.1, 0.15) is 24.3 Å². The van der Waals surface area contributed by atoms with E-state index < -0.39 is 48.1 Å². The molecule has 0 aliphatic carbocycles. The molecule has 0 aromatic carbocycles. The first kappa shape index (κ1) is 88.3. The lowest BCUT2D eigenvalue weighted by molar-refractivity contribution is -0.153. The Balaban J connectivity index is 6.21. The average molecular weight is 1330 g/mol. The van der Waals surface area contributed by atoms with Crippen LogP contribution < -0.4 is 10.6 Å². The van der Waals surface area contributed by atoms with E-state index in [-0.39, 0.29) is 42.6 Å². The summed E-state index contributed by atoms with van der Waals surface area (Å²) in [4.78, 5) is 94.7. The Morgan fingerprint density at radius 2 is 0.681 bits per heavy atom. The van der Waals surface area contributed by atoms with Gasteiger partial charge in [-0.3, -0.25) is 29.0 Å². The van der Waals surface area contributed by atoms with Gasteiger partial charge < -0.3 is 49.2 Å². The van der Waals surface area contributed by atoms with Crippen LogP contribution in [-0.4, -0.2) is 236 Å². The zero-order valence-corrected chi connectivity index (χ0v) is 62.5. The van der Waals surface area contributed by atoms with Crippen LogP contribution in [0.2, 0.25) is 0 Å². The highest BCUT2D eigenvalue weighted by Crippen LogP contribution is 2.26. The van der Waals surface area contributed by atoms with Crippen molar-refractivity contribution in [3.8, 4) is 0 Å². The van der Waals surface area contributed by atoms with Crippen LogP contribution in [0.25, 0.3) is 0 Å². The summed E-state index contributed by atoms with van der Waals surface area (Å²) in [5.41, 5.74) is 0. The number of nitrogens with zero attached hydrogens (tertiary/aromatic N) is 6. The first-order valence-electron chi connectivity index (χ1n) is 36.2. The molecule has 0 aromatic heterocycles. The van der Waals surface area contributed by atoms with Crippen molar-refractivity contribution in [2.45, 2.75) is 265 Å². The number of amides is 2. The smallest absolute Gasteiger partial charge is 0.329 e. The van der Waals surface area contributed by atoms with E-state index in [4.69, 9.17) is 18.9 Å². The number of esters is 4. The molecule has 20 heteroatoms. The minimum absolute atomic E-state index is 0.108. The Bertz CT molecular complexity index is 1760. The molecule has 0 saturated heterocycles. The molecule has 0 spiro atoms. The second-order valence-electron chi connectivity index (χ2n) is 27.0. The number of unbranched alkanes of at least 4 members (excludes halogenated alkanes) is 12. The third-order valence-corrected chi connectivity index (χ3v) is 19.0. The van der Waals surface area contributed by atoms with Crippen LogP contribution in [-0.2, 0) is 47.7 Å². The molecular weight excluding hydrogens is 1190 g/mol. The number of rotatable bonds is 64. The highest BCUT2D eigenvalue weighted by atomic mass is 33.1. The predicted molar refractivity (Wildman–Crippen MR) is 382 cm³/mol. The minimum atomic E-state index is -1.05. The van der Waals surface area contributed by atoms with Crippen LogP contribution in [0, 0.1) is 11.8 Å². The fourth-order valence-corrected chi connectivity index (χ4v) is 13.5. The zero-order valence-electron chi connectivity index (χ0n) is 60.9. The summed E-state index contributed by atoms with van der Waals surface area (Å²) in [6.07, 6.45) is 28.1. The van der Waals surface area contributed by atoms with Gasteiger partial charge in [-0.25, -0.2) is 9.59 Å². The van der Waals surface area contributed by atoms with Gasteiger partial charge in [-0.15, -0.1) is 0 Å². The standard InChI is InChI=1S/C71H140N8O10S2/c1-15-19-26-36-62(37-27-20-16-2)44-54-86-68(82)41-31-25-23-24-30-40-66(80)72-64(70(84)88-60(5)56-78(50-32-46-74(7)8)51-33-47-75(9)10)58-90-91-59-65(71(85)89-61(6)57-79(52-34-48-76(11)12)53-35-49-77(13)14)73-67(81)42-43-69(83)87-55-45-63(38-28-21-17-3)39-29-22-18-4/h60-65H,15-59H2,1-14H3,(H,72,80)(H,73,81)/t60?,61?,64-,65-/m0/s1. The average Bonchev–Trinajstić information content (AvgIpc) is 3.68. The van der Waals surface area contributed by atoms with Crippen LogP contribution in [0.15, 0.2) is 0 Å². The van der Waals surface area contributed by atoms with Gasteiger partial charge in [0.25, 0.3) is 0 Å². The van der Waals surface area contributed by atoms with Crippen LogP contribution >= 0.6 is 21.6 Å². The maximum atomic E-state index is 14.2. The van der Waals surface area contributed by atoms with Crippen molar-refractivity contribution in [1.29, 1.82) is 0 Å². The molecule has 0 aromatic rings. The van der Waals surface area contributed by atoms with E-state index >= 15 is 0 Å². The zero-order chi connectivity index (χ0) is 67.9. The molecule has 2 unspecified atom stereocenters. The maximum absolute atomic E-state index is 14.2. The molecule has 0 bridgehead atoms. The van der Waals surface area contributed by atoms with Crippen molar-refractivity contribution in [3.63, 3.8) is 0 Å². The quantitative estimate of drug-likeness (QED) is 0.0253. The Morgan fingerprint density at radius 3 is 1.02 bits per heavy atom. The fraction of sp³-hybridized carbons (Fsp3) is 0.915. The van der Waals surface area contributed by atoms with Gasteiger partial charge in [-0.05, 0) is 186 Å². The van der Waals surface area contributed by atoms with Gasteiger partial charge in [0.15, 0.2) is 0 Å². The van der Waals surface area contributed by atoms with Crippen molar-refractivity contribution < 1.29 is 47.7 Å². The minimum Gasteiger partial charge on any atom is -0.466 e. The summed E-state index contributed by atoms with van der Waals surface area (Å²) in [7, 11) is 19.1. The fourth-order valence-electron chi connectivity index (χ4n) is 11.2. The van der Waals surface area contributed by atoms with Crippen molar-refractivity contribution in [3.05, 3.63) is 0 Å². The lowest BCUT2D eigenvalue weighted by Gasteiger charge is -2.28. The molecule has 0 fully saturated rings. The van der Waals surface area contributed by atoms with Crippen molar-refractivity contribution >= 4 is 57.3 Å². The van der Waals surface area contributed by atoms with Gasteiger partial charge in [0.2, 0.25) is 11.8 Å². The second kappa shape index (κ2) is 59.7. The SMILES string of the molecule is CCCCCC(CCCCC)CCOC(=O)CCCCCCCC(=O)N[C@@H](CSSC[C@H](NC(=O)CCC(=O)OCCC(CCCCC)CCCCC)C(=O)OC(C)CN(CCCN(C)C)CCCN(C)C)C(=O)OC(C)CN(CCCN(C)C)CCCN(C)C. The lowest BCUT2D eigenvalue weighted by Crippen LogP contribution is -2.46. The second-order valence-corrected chi connectivity index (χ2v) is 29.6. The molecule has 0 rings (SSSR count). The number of nitrogens with one attached hydrogen (secondary N) is 2. The van der Waals surface area contributed by atoms with Gasteiger partial charge in [-0.2, -0.15) is 0 Å². The molecule has 2 N–H and O–H groups in total. The topological polar surface area (TPSA) is 183 Å². The normalized spacial score (nSPS) is 13.3. The Hall–Kier alpha value is -2.72. The third-order valence-electron chi connectivity index (χ3n) is 16.6. The lowest BCUT2D eigenvalue weighted by atomic mass is 9.92. The summed E-state index contributed by atoms with van der Waals surface area (Å²) < 4.78 is 23.6.